The summed E-state index contributed by atoms with van der Waals surface area (Å²) in [6.45, 7) is 6.03. The largest absolute Gasteiger partial charge is 0.503 e. The lowest BCUT2D eigenvalue weighted by Crippen LogP contribution is -2.74. The number of aliphatic hydroxyl groups excluding tert-OH is 1. The van der Waals surface area contributed by atoms with Crippen LogP contribution in [-0.2, 0) is 29.5 Å². The van der Waals surface area contributed by atoms with Crippen molar-refractivity contribution >= 4 is 56.2 Å². The van der Waals surface area contributed by atoms with Crippen LogP contribution in [0.5, 0.6) is 5.75 Å². The van der Waals surface area contributed by atoms with Gasteiger partial charge in [0.1, 0.15) is 17.4 Å². The lowest BCUT2D eigenvalue weighted by atomic mass is 9.98. The predicted octanol–water partition coefficient (Wildman–Crippen LogP) is -1.98. The van der Waals surface area contributed by atoms with E-state index < -0.39 is 81.3 Å². The first-order valence-corrected chi connectivity index (χ1v) is 19.2. The van der Waals surface area contributed by atoms with Crippen LogP contribution in [0, 0.1) is 13.8 Å². The number of carbonyl (C=O) groups is 4. The summed E-state index contributed by atoms with van der Waals surface area (Å²) in [5.74, 6) is -5.38. The number of carbonyl (C=O) groups excluding carboxylic acids is 3. The fourth-order valence-corrected chi connectivity index (χ4v) is 7.39. The van der Waals surface area contributed by atoms with Gasteiger partial charge in [0.2, 0.25) is 11.0 Å². The number of nitrogens with two attached hydrogens (primary N) is 1. The Hall–Kier alpha value is -5.67. The van der Waals surface area contributed by atoms with Crippen LogP contribution >= 0.6 is 11.3 Å². The van der Waals surface area contributed by atoms with Crippen LogP contribution < -0.4 is 27.1 Å². The smallest absolute Gasteiger partial charge is 0.362 e. The number of β-lactam (4-membered cyclic amide) rings is 1. The first kappa shape index (κ1) is 42.5. The van der Waals surface area contributed by atoms with Crippen LogP contribution in [0.15, 0.2) is 25.9 Å². The Morgan fingerprint density at radius 2 is 1.95 bits per heavy atom. The highest BCUT2D eigenvalue weighted by atomic mass is 32.2. The van der Waals surface area contributed by atoms with E-state index in [2.05, 4.69) is 31.2 Å². The molecule has 310 valence electrons. The maximum atomic E-state index is 13.3. The van der Waals surface area contributed by atoms with Gasteiger partial charge in [0.15, 0.2) is 34.3 Å². The average Bonchev–Trinajstić information content (AvgIpc) is 3.91. The summed E-state index contributed by atoms with van der Waals surface area (Å²) >= 11 is 0.914. The molecule has 5 heterocycles. The van der Waals surface area contributed by atoms with E-state index in [0.29, 0.717) is 36.5 Å². The van der Waals surface area contributed by atoms with Gasteiger partial charge >= 0.3 is 16.3 Å². The van der Waals surface area contributed by atoms with Gasteiger partial charge in [0.05, 0.1) is 11.7 Å². The molecule has 0 aliphatic carbocycles. The molecule has 0 aromatic carbocycles. The molecule has 3 aromatic heterocycles. The van der Waals surface area contributed by atoms with Gasteiger partial charge in [-0.1, -0.05) is 10.3 Å². The fraction of sp³-hybridized carbons (Fsp3) is 0.484. The van der Waals surface area contributed by atoms with E-state index in [1.165, 1.54) is 25.3 Å². The van der Waals surface area contributed by atoms with Gasteiger partial charge in [-0.15, -0.1) is 11.3 Å². The SMILES string of the molecule is Cc1c(C(=O)NCCN2CC[C@@H](c3cc(C(O)NC[C@@H]4[C@H](NC(=O)/C(=N\OC(C)(C)C(=O)O)c5csc(N)n5)C(=O)N4S(=O)(=O)O)on3)C2)n(O)c(C)c(O)c1=O. The highest BCUT2D eigenvalue weighted by Gasteiger charge is 2.54. The molecule has 0 spiro atoms. The van der Waals surface area contributed by atoms with Gasteiger partial charge in [-0.25, -0.2) is 14.1 Å². The molecule has 0 bridgehead atoms. The van der Waals surface area contributed by atoms with E-state index in [1.807, 2.05) is 4.90 Å². The summed E-state index contributed by atoms with van der Waals surface area (Å²) in [6.07, 6.45) is -0.977. The Bertz CT molecular complexity index is 2270. The molecule has 4 atom stereocenters. The summed E-state index contributed by atoms with van der Waals surface area (Å²) < 4.78 is 39.7. The Morgan fingerprint density at radius 1 is 1.25 bits per heavy atom. The topological polar surface area (TPSA) is 355 Å². The molecular formula is C31H40N10O14S2. The standard InChI is InChI=1S/C31H40N10O14S2/c1-13-22(40(50)14(2)24(43)23(13)42)27(46)33-6-8-39-7-5-15(11-39)16-9-19(54-37-16)25(44)34-10-18-21(28(47)41(18)57(51,52)53)36-26(45)20(17-12-56-30(32)35-17)38-55-31(3,4)29(48)49/h9,12,15,18,21,25,34,43-44,50H,5-8,10-11H2,1-4H3,(H2,32,35)(H,33,46)(H,36,45)(H,48,49)(H,51,52,53)/b38-20-/t15-,18-,21+,25?/m1/s1. The fourth-order valence-electron chi connectivity index (χ4n) is 5.96. The molecule has 3 aromatic rings. The Kier molecular flexibility index (Phi) is 12.2. The number of likely N-dealkylation sites (tertiary alicyclic amines) is 1. The third-order valence-corrected chi connectivity index (χ3v) is 10.9. The Balaban J connectivity index is 1.18. The normalized spacial score (nSPS) is 19.6. The third kappa shape index (κ3) is 8.99. The minimum atomic E-state index is -5.13. The van der Waals surface area contributed by atoms with Crippen LogP contribution in [0.25, 0.3) is 0 Å². The van der Waals surface area contributed by atoms with Crippen LogP contribution in [0.1, 0.15) is 71.3 Å². The van der Waals surface area contributed by atoms with Gasteiger partial charge in [0, 0.05) is 49.1 Å². The number of carboxylic acids is 1. The molecule has 2 saturated heterocycles. The quantitative estimate of drug-likeness (QED) is 0.0188. The van der Waals surface area contributed by atoms with Crippen LogP contribution in [0.4, 0.5) is 5.13 Å². The number of hydrogen-bond donors (Lipinski definition) is 9. The molecule has 26 heteroatoms. The molecule has 57 heavy (non-hydrogen) atoms. The molecule has 3 amide bonds. The zero-order valence-electron chi connectivity index (χ0n) is 30.7. The number of oxime groups is 1. The summed E-state index contributed by atoms with van der Waals surface area (Å²) in [4.78, 5) is 73.6. The van der Waals surface area contributed by atoms with Crippen molar-refractivity contribution in [3.05, 3.63) is 55.8 Å². The van der Waals surface area contributed by atoms with Crippen molar-refractivity contribution in [2.75, 3.05) is 38.5 Å². The molecule has 5 rings (SSSR count). The number of hydrogen-bond acceptors (Lipinski definition) is 19. The van der Waals surface area contributed by atoms with Crippen LogP contribution in [-0.4, -0.2) is 137 Å². The van der Waals surface area contributed by atoms with Gasteiger partial charge in [-0.05, 0) is 40.7 Å². The average molecular weight is 841 g/mol. The molecule has 24 nitrogen and oxygen atoms in total. The zero-order chi connectivity index (χ0) is 42.1. The maximum absolute atomic E-state index is 13.3. The number of carboxylic acid groups (broad SMARTS) is 1. The lowest BCUT2D eigenvalue weighted by Gasteiger charge is -2.44. The van der Waals surface area contributed by atoms with Crippen molar-refractivity contribution in [1.29, 1.82) is 0 Å². The number of nitrogens with zero attached hydrogens (tertiary/aromatic N) is 6. The second-order valence-corrected chi connectivity index (χ2v) is 15.8. The molecule has 2 aliphatic heterocycles. The number of aliphatic carboxylic acids is 1. The van der Waals surface area contributed by atoms with E-state index in [1.54, 1.807) is 0 Å². The number of pyridine rings is 1. The first-order chi connectivity index (χ1) is 26.6. The predicted molar refractivity (Wildman–Crippen MR) is 195 cm³/mol. The van der Waals surface area contributed by atoms with Crippen molar-refractivity contribution < 1.29 is 62.0 Å². The molecule has 2 aliphatic rings. The number of amides is 3. The number of nitrogen functional groups attached to an aromatic ring is 1. The molecule has 2 fully saturated rings. The molecule has 10 N–H and O–H groups in total. The van der Waals surface area contributed by atoms with E-state index in [9.17, 15) is 57.5 Å². The summed E-state index contributed by atoms with van der Waals surface area (Å²) in [6, 6.07) is -1.62. The second kappa shape index (κ2) is 16.4. The van der Waals surface area contributed by atoms with Crippen LogP contribution in [0.2, 0.25) is 0 Å². The number of anilines is 1. The molecule has 1 unspecified atom stereocenters. The van der Waals surface area contributed by atoms with Gasteiger partial charge in [-0.2, -0.15) is 13.1 Å². The Labute approximate surface area is 326 Å². The van der Waals surface area contributed by atoms with E-state index in [-0.39, 0.29) is 50.3 Å². The minimum Gasteiger partial charge on any atom is -0.503 e. The number of thiazole rings is 1. The monoisotopic (exact) mass is 840 g/mol. The lowest BCUT2D eigenvalue weighted by molar-refractivity contribution is -0.161. The number of nitrogens with one attached hydrogen (secondary N) is 3. The van der Waals surface area contributed by atoms with Crippen molar-refractivity contribution in [2.45, 2.75) is 63.9 Å². The van der Waals surface area contributed by atoms with Crippen molar-refractivity contribution in [1.82, 2.24) is 40.0 Å². The number of aromatic nitrogens is 3. The molecule has 0 radical (unpaired) electrons. The summed E-state index contributed by atoms with van der Waals surface area (Å²) in [5, 5.41) is 56.8. The van der Waals surface area contributed by atoms with E-state index in [0.717, 1.165) is 25.2 Å². The van der Waals surface area contributed by atoms with Gasteiger partial charge < -0.3 is 51.2 Å². The van der Waals surface area contributed by atoms with Crippen molar-refractivity contribution in [3.8, 4) is 5.75 Å². The van der Waals surface area contributed by atoms with E-state index in [4.69, 9.17) is 15.1 Å². The summed E-state index contributed by atoms with van der Waals surface area (Å²) in [5.41, 5.74) is 2.15. The highest BCUT2D eigenvalue weighted by molar-refractivity contribution is 7.84. The van der Waals surface area contributed by atoms with Gasteiger partial charge in [-0.3, -0.25) is 29.0 Å². The number of rotatable bonds is 16. The first-order valence-electron chi connectivity index (χ1n) is 17.0. The van der Waals surface area contributed by atoms with Crippen molar-refractivity contribution in [2.24, 2.45) is 5.16 Å². The Morgan fingerprint density at radius 3 is 2.58 bits per heavy atom. The number of aromatic hydroxyl groups is 1. The summed E-state index contributed by atoms with van der Waals surface area (Å²) in [7, 11) is -5.13. The van der Waals surface area contributed by atoms with Crippen LogP contribution in [0.3, 0.4) is 0 Å². The van der Waals surface area contributed by atoms with E-state index >= 15 is 0 Å². The highest BCUT2D eigenvalue weighted by Crippen LogP contribution is 2.29. The molecule has 0 saturated carbocycles. The minimum absolute atomic E-state index is 0.0127. The van der Waals surface area contributed by atoms with Gasteiger partial charge in [0.25, 0.3) is 17.7 Å². The third-order valence-electron chi connectivity index (χ3n) is 9.30. The van der Waals surface area contributed by atoms with Crippen molar-refractivity contribution in [3.63, 3.8) is 0 Å². The second-order valence-electron chi connectivity index (χ2n) is 13.6. The zero-order valence-corrected chi connectivity index (χ0v) is 32.3. The maximum Gasteiger partial charge on any atom is 0.362 e. The number of aliphatic hydroxyl groups is 1. The molecular weight excluding hydrogens is 801 g/mol.